The lowest BCUT2D eigenvalue weighted by Crippen LogP contribution is -2.50. The Morgan fingerprint density at radius 2 is 1.30 bits per heavy atom. The maximum Gasteiger partial charge on any atom is 0.240 e. The molecular weight excluding hydrogens is 420 g/mol. The number of nitrogens with one attached hydrogen (secondary N) is 2. The van der Waals surface area contributed by atoms with Crippen LogP contribution in [-0.2, 0) is 20.0 Å². The third-order valence-corrected chi connectivity index (χ3v) is 8.51. The monoisotopic (exact) mass is 450 g/mol. The normalized spacial score (nSPS) is 24.4. The molecule has 2 unspecified atom stereocenters. The highest BCUT2D eigenvalue weighted by Crippen LogP contribution is 2.46. The summed E-state index contributed by atoms with van der Waals surface area (Å²) < 4.78 is 56.5. The Balaban J connectivity index is 1.75. The highest BCUT2D eigenvalue weighted by Gasteiger charge is 2.43. The molecule has 2 aromatic rings. The second kappa shape index (κ2) is 8.42. The van der Waals surface area contributed by atoms with Crippen molar-refractivity contribution in [1.29, 1.82) is 0 Å². The van der Waals surface area contributed by atoms with Gasteiger partial charge >= 0.3 is 0 Å². The Bertz CT molecular complexity index is 1070. The van der Waals surface area contributed by atoms with E-state index in [-0.39, 0.29) is 33.2 Å². The van der Waals surface area contributed by atoms with Crippen molar-refractivity contribution in [2.24, 2.45) is 10.8 Å². The standard InChI is InChI=1S/C22H30N2O4S2/c1-21(2)14-18(24-30(27,28)20-12-8-5-9-13-20)15-22(3,16-21)17-23-29(25,26)19-10-6-4-7-11-19/h4-13,18,23-24H,14-17H2,1-3H3. The van der Waals surface area contributed by atoms with Crippen molar-refractivity contribution in [2.45, 2.75) is 55.9 Å². The number of rotatable bonds is 7. The van der Waals surface area contributed by atoms with Crippen LogP contribution in [0.4, 0.5) is 0 Å². The number of benzene rings is 2. The molecule has 2 atom stereocenters. The topological polar surface area (TPSA) is 92.3 Å². The van der Waals surface area contributed by atoms with Crippen LogP contribution in [-0.4, -0.2) is 29.4 Å². The highest BCUT2D eigenvalue weighted by molar-refractivity contribution is 7.89. The van der Waals surface area contributed by atoms with Crippen LogP contribution in [0.2, 0.25) is 0 Å². The van der Waals surface area contributed by atoms with Crippen molar-refractivity contribution in [3.63, 3.8) is 0 Å². The Labute approximate surface area is 180 Å². The van der Waals surface area contributed by atoms with Gasteiger partial charge in [0, 0.05) is 12.6 Å². The molecule has 0 bridgehead atoms. The average Bonchev–Trinajstić information content (AvgIpc) is 2.66. The van der Waals surface area contributed by atoms with Crippen LogP contribution in [0.5, 0.6) is 0 Å². The van der Waals surface area contributed by atoms with E-state index in [4.69, 9.17) is 0 Å². The van der Waals surface area contributed by atoms with Gasteiger partial charge in [-0.1, -0.05) is 57.2 Å². The fourth-order valence-corrected chi connectivity index (χ4v) is 7.17. The molecule has 1 fully saturated rings. The molecule has 0 aliphatic heterocycles. The minimum Gasteiger partial charge on any atom is -0.211 e. The van der Waals surface area contributed by atoms with Gasteiger partial charge in [0.05, 0.1) is 9.79 Å². The third-order valence-electron chi connectivity index (χ3n) is 5.56. The zero-order valence-corrected chi connectivity index (χ0v) is 19.3. The molecule has 6 nitrogen and oxygen atoms in total. The largest absolute Gasteiger partial charge is 0.240 e. The molecule has 3 rings (SSSR count). The lowest BCUT2D eigenvalue weighted by Gasteiger charge is -2.46. The third kappa shape index (κ3) is 5.69. The molecule has 0 heterocycles. The summed E-state index contributed by atoms with van der Waals surface area (Å²) in [4.78, 5) is 0.463. The number of hydrogen-bond acceptors (Lipinski definition) is 4. The quantitative estimate of drug-likeness (QED) is 0.675. The van der Waals surface area contributed by atoms with E-state index in [0.717, 1.165) is 6.42 Å². The van der Waals surface area contributed by atoms with Crippen LogP contribution < -0.4 is 9.44 Å². The van der Waals surface area contributed by atoms with Gasteiger partial charge in [0.15, 0.2) is 0 Å². The van der Waals surface area contributed by atoms with Crippen molar-refractivity contribution < 1.29 is 16.8 Å². The molecule has 1 aliphatic rings. The maximum atomic E-state index is 12.8. The van der Waals surface area contributed by atoms with Crippen molar-refractivity contribution in [2.75, 3.05) is 6.54 Å². The minimum absolute atomic E-state index is 0.130. The molecule has 0 saturated heterocycles. The smallest absolute Gasteiger partial charge is 0.211 e. The van der Waals surface area contributed by atoms with Crippen LogP contribution in [0.3, 0.4) is 0 Å². The van der Waals surface area contributed by atoms with Crippen LogP contribution in [0.1, 0.15) is 40.0 Å². The first kappa shape index (κ1) is 22.9. The average molecular weight is 451 g/mol. The molecule has 2 N–H and O–H groups in total. The summed E-state index contributed by atoms with van der Waals surface area (Å²) in [5, 5.41) is 0. The van der Waals surface area contributed by atoms with E-state index in [0.29, 0.717) is 12.8 Å². The van der Waals surface area contributed by atoms with E-state index in [9.17, 15) is 16.8 Å². The van der Waals surface area contributed by atoms with Crippen LogP contribution in [0.25, 0.3) is 0 Å². The first-order valence-corrected chi connectivity index (χ1v) is 13.0. The Hall–Kier alpha value is -1.74. The summed E-state index contributed by atoms with van der Waals surface area (Å²) in [7, 11) is -7.25. The first-order chi connectivity index (χ1) is 13.9. The van der Waals surface area contributed by atoms with E-state index >= 15 is 0 Å². The number of sulfonamides is 2. The molecule has 2 aromatic carbocycles. The van der Waals surface area contributed by atoms with E-state index in [1.807, 2.05) is 6.92 Å². The Kier molecular flexibility index (Phi) is 6.43. The molecule has 0 radical (unpaired) electrons. The van der Waals surface area contributed by atoms with Gasteiger partial charge in [0.25, 0.3) is 0 Å². The van der Waals surface area contributed by atoms with Gasteiger partial charge in [0.1, 0.15) is 0 Å². The van der Waals surface area contributed by atoms with E-state index in [2.05, 4.69) is 23.3 Å². The molecule has 1 aliphatic carbocycles. The second-order valence-corrected chi connectivity index (χ2v) is 12.8. The van der Waals surface area contributed by atoms with Gasteiger partial charge in [0.2, 0.25) is 20.0 Å². The van der Waals surface area contributed by atoms with E-state index in [1.54, 1.807) is 60.7 Å². The van der Waals surface area contributed by atoms with Crippen molar-refractivity contribution in [3.8, 4) is 0 Å². The summed E-state index contributed by atoms with van der Waals surface area (Å²) in [5.74, 6) is 0. The first-order valence-electron chi connectivity index (χ1n) is 10.0. The molecule has 0 amide bonds. The summed E-state index contributed by atoms with van der Waals surface area (Å²) in [5.41, 5.74) is -0.511. The van der Waals surface area contributed by atoms with Gasteiger partial charge in [-0.25, -0.2) is 26.3 Å². The Morgan fingerprint density at radius 3 is 1.83 bits per heavy atom. The lowest BCUT2D eigenvalue weighted by atomic mass is 9.63. The molecular formula is C22H30N2O4S2. The SMILES string of the molecule is CC1(C)CC(NS(=O)(=O)c2ccccc2)CC(C)(CNS(=O)(=O)c2ccccc2)C1. The minimum atomic E-state index is -3.64. The lowest BCUT2D eigenvalue weighted by molar-refractivity contribution is 0.0821. The van der Waals surface area contributed by atoms with E-state index < -0.39 is 20.0 Å². The number of hydrogen-bond donors (Lipinski definition) is 2. The Morgan fingerprint density at radius 1 is 0.800 bits per heavy atom. The predicted molar refractivity (Wildman–Crippen MR) is 118 cm³/mol. The van der Waals surface area contributed by atoms with Crippen LogP contribution >= 0.6 is 0 Å². The maximum absolute atomic E-state index is 12.8. The summed E-state index contributed by atoms with van der Waals surface area (Å²) in [6, 6.07) is 16.3. The van der Waals surface area contributed by atoms with Crippen molar-refractivity contribution in [3.05, 3.63) is 60.7 Å². The van der Waals surface area contributed by atoms with Crippen molar-refractivity contribution >= 4 is 20.0 Å². The summed E-state index contributed by atoms with van der Waals surface area (Å²) in [6.45, 7) is 6.46. The van der Waals surface area contributed by atoms with Gasteiger partial charge in [-0.3, -0.25) is 0 Å². The van der Waals surface area contributed by atoms with Gasteiger partial charge < -0.3 is 0 Å². The van der Waals surface area contributed by atoms with Crippen LogP contribution in [0.15, 0.2) is 70.5 Å². The summed E-state index contributed by atoms with van der Waals surface area (Å²) >= 11 is 0. The van der Waals surface area contributed by atoms with Crippen LogP contribution in [0, 0.1) is 10.8 Å². The zero-order valence-electron chi connectivity index (χ0n) is 17.6. The summed E-state index contributed by atoms with van der Waals surface area (Å²) in [6.07, 6.45) is 2.04. The van der Waals surface area contributed by atoms with Gasteiger partial charge in [-0.15, -0.1) is 0 Å². The second-order valence-electron chi connectivity index (χ2n) is 9.33. The highest BCUT2D eigenvalue weighted by atomic mass is 32.2. The van der Waals surface area contributed by atoms with Gasteiger partial charge in [-0.05, 0) is 54.4 Å². The molecule has 30 heavy (non-hydrogen) atoms. The van der Waals surface area contributed by atoms with Gasteiger partial charge in [-0.2, -0.15) is 0 Å². The van der Waals surface area contributed by atoms with Crippen molar-refractivity contribution in [1.82, 2.24) is 9.44 Å². The molecule has 8 heteroatoms. The zero-order chi connectivity index (χ0) is 22.0. The fourth-order valence-electron chi connectivity index (χ4n) is 4.69. The molecule has 164 valence electrons. The predicted octanol–water partition coefficient (Wildman–Crippen LogP) is 3.53. The molecule has 1 saturated carbocycles. The fraction of sp³-hybridized carbons (Fsp3) is 0.455. The molecule has 0 aromatic heterocycles. The van der Waals surface area contributed by atoms with E-state index in [1.165, 1.54) is 0 Å². The molecule has 0 spiro atoms.